The van der Waals surface area contributed by atoms with Gasteiger partial charge in [-0.3, -0.25) is 4.79 Å². The monoisotopic (exact) mass is 294 g/mol. The molecule has 6 heteroatoms. The van der Waals surface area contributed by atoms with Crippen LogP contribution >= 0.6 is 0 Å². The Bertz CT molecular complexity index is 474. The molecule has 0 saturated heterocycles. The van der Waals surface area contributed by atoms with Gasteiger partial charge in [-0.25, -0.2) is 4.79 Å². The van der Waals surface area contributed by atoms with Gasteiger partial charge in [0.25, 0.3) is 0 Å². The lowest BCUT2D eigenvalue weighted by Crippen LogP contribution is -2.56. The minimum absolute atomic E-state index is 0.0875. The molecule has 1 aromatic rings. The van der Waals surface area contributed by atoms with Crippen LogP contribution in [0.15, 0.2) is 30.3 Å². The number of likely N-dealkylation sites (N-methyl/N-ethyl adjacent to an activating group) is 1. The summed E-state index contributed by atoms with van der Waals surface area (Å²) in [5.41, 5.74) is 0.108. The third-order valence-corrected chi connectivity index (χ3v) is 3.19. The molecule has 1 aromatic carbocycles. The van der Waals surface area contributed by atoms with Crippen LogP contribution < -0.4 is 10.6 Å². The molecule has 0 fully saturated rings. The van der Waals surface area contributed by atoms with Crippen molar-refractivity contribution in [1.82, 2.24) is 10.6 Å². The Morgan fingerprint density at radius 2 is 1.90 bits per heavy atom. The zero-order valence-electron chi connectivity index (χ0n) is 12.6. The van der Waals surface area contributed by atoms with E-state index in [2.05, 4.69) is 10.6 Å². The molecule has 21 heavy (non-hydrogen) atoms. The molecule has 0 aliphatic rings. The van der Waals surface area contributed by atoms with E-state index in [1.54, 1.807) is 20.9 Å². The summed E-state index contributed by atoms with van der Waals surface area (Å²) in [6.07, 6.45) is 0. The predicted octanol–water partition coefficient (Wildman–Crippen LogP) is 0.771. The van der Waals surface area contributed by atoms with E-state index in [1.807, 2.05) is 30.3 Å². The van der Waals surface area contributed by atoms with Gasteiger partial charge in [-0.2, -0.15) is 0 Å². The molecule has 1 amide bonds. The molecule has 0 bridgehead atoms. The average molecular weight is 294 g/mol. The summed E-state index contributed by atoms with van der Waals surface area (Å²) in [6.45, 7) is 3.56. The summed E-state index contributed by atoms with van der Waals surface area (Å²) < 4.78 is 5.37. The molecular weight excluding hydrogens is 272 g/mol. The summed E-state index contributed by atoms with van der Waals surface area (Å²) in [7, 11) is 1.64. The Kier molecular flexibility index (Phi) is 6.33. The molecule has 0 radical (unpaired) electrons. The molecule has 0 aliphatic heterocycles. The molecule has 1 atom stereocenters. The summed E-state index contributed by atoms with van der Waals surface area (Å²) >= 11 is 0. The van der Waals surface area contributed by atoms with Gasteiger partial charge in [0, 0.05) is 0 Å². The van der Waals surface area contributed by atoms with Crippen LogP contribution in [0.1, 0.15) is 19.4 Å². The SMILES string of the molecule is CNC(C)(C)C(=O)N[C@H](COCc1ccccc1)C(=O)O. The topological polar surface area (TPSA) is 87.7 Å². The van der Waals surface area contributed by atoms with E-state index in [0.717, 1.165) is 5.56 Å². The number of hydrogen-bond acceptors (Lipinski definition) is 4. The van der Waals surface area contributed by atoms with Crippen LogP contribution in [-0.4, -0.2) is 42.2 Å². The summed E-state index contributed by atoms with van der Waals surface area (Å²) in [5.74, 6) is -1.51. The summed E-state index contributed by atoms with van der Waals surface area (Å²) in [6, 6.07) is 8.35. The van der Waals surface area contributed by atoms with Crippen LogP contribution in [0.2, 0.25) is 0 Å². The standard InChI is InChI=1S/C15H22N2O4/c1-15(2,16-3)14(20)17-12(13(18)19)10-21-9-11-7-5-4-6-8-11/h4-8,12,16H,9-10H2,1-3H3,(H,17,20)(H,18,19)/t12-/m1/s1. The number of nitrogens with one attached hydrogen (secondary N) is 2. The van der Waals surface area contributed by atoms with Crippen molar-refractivity contribution in [3.05, 3.63) is 35.9 Å². The zero-order chi connectivity index (χ0) is 15.9. The Balaban J connectivity index is 2.51. The number of ether oxygens (including phenoxy) is 1. The number of carbonyl (C=O) groups is 2. The first-order valence-electron chi connectivity index (χ1n) is 6.71. The van der Waals surface area contributed by atoms with Crippen LogP contribution in [0.25, 0.3) is 0 Å². The third kappa shape index (κ3) is 5.53. The molecule has 0 aliphatic carbocycles. The number of carbonyl (C=O) groups excluding carboxylic acids is 1. The maximum Gasteiger partial charge on any atom is 0.328 e. The van der Waals surface area contributed by atoms with Crippen molar-refractivity contribution in [3.63, 3.8) is 0 Å². The van der Waals surface area contributed by atoms with Gasteiger partial charge in [0.15, 0.2) is 6.04 Å². The van der Waals surface area contributed by atoms with Gasteiger partial charge in [0.2, 0.25) is 5.91 Å². The van der Waals surface area contributed by atoms with Crippen molar-refractivity contribution in [1.29, 1.82) is 0 Å². The molecule has 116 valence electrons. The van der Waals surface area contributed by atoms with E-state index < -0.39 is 17.6 Å². The van der Waals surface area contributed by atoms with Crippen LogP contribution in [0.5, 0.6) is 0 Å². The number of amides is 1. The van der Waals surface area contributed by atoms with Crippen molar-refractivity contribution in [2.45, 2.75) is 32.0 Å². The highest BCUT2D eigenvalue weighted by Crippen LogP contribution is 2.04. The lowest BCUT2D eigenvalue weighted by Gasteiger charge is -2.25. The third-order valence-electron chi connectivity index (χ3n) is 3.19. The summed E-state index contributed by atoms with van der Waals surface area (Å²) in [4.78, 5) is 23.1. The highest BCUT2D eigenvalue weighted by molar-refractivity contribution is 5.89. The van der Waals surface area contributed by atoms with Crippen LogP contribution in [-0.2, 0) is 20.9 Å². The lowest BCUT2D eigenvalue weighted by molar-refractivity contribution is -0.144. The second-order valence-corrected chi connectivity index (χ2v) is 5.24. The second kappa shape index (κ2) is 7.75. The minimum atomic E-state index is -1.12. The highest BCUT2D eigenvalue weighted by atomic mass is 16.5. The smallest absolute Gasteiger partial charge is 0.328 e. The fourth-order valence-electron chi connectivity index (χ4n) is 1.50. The first-order valence-corrected chi connectivity index (χ1v) is 6.71. The van der Waals surface area contributed by atoms with Gasteiger partial charge in [-0.15, -0.1) is 0 Å². The van der Waals surface area contributed by atoms with Crippen molar-refractivity contribution in [2.24, 2.45) is 0 Å². The molecule has 6 nitrogen and oxygen atoms in total. The fraction of sp³-hybridized carbons (Fsp3) is 0.467. The quantitative estimate of drug-likeness (QED) is 0.659. The molecular formula is C15H22N2O4. The maximum atomic E-state index is 12.0. The second-order valence-electron chi connectivity index (χ2n) is 5.24. The normalized spacial score (nSPS) is 12.7. The molecule has 0 aromatic heterocycles. The van der Waals surface area contributed by atoms with Gasteiger partial charge >= 0.3 is 5.97 Å². The Morgan fingerprint density at radius 3 is 2.43 bits per heavy atom. The number of aliphatic carboxylic acids is 1. The molecule has 0 unspecified atom stereocenters. The highest BCUT2D eigenvalue weighted by Gasteiger charge is 2.29. The molecule has 0 saturated carbocycles. The van der Waals surface area contributed by atoms with E-state index in [1.165, 1.54) is 0 Å². The largest absolute Gasteiger partial charge is 0.480 e. The number of rotatable bonds is 8. The molecule has 0 heterocycles. The first-order chi connectivity index (χ1) is 9.86. The van der Waals surface area contributed by atoms with Crippen LogP contribution in [0.3, 0.4) is 0 Å². The number of benzene rings is 1. The van der Waals surface area contributed by atoms with Crippen LogP contribution in [0.4, 0.5) is 0 Å². The molecule has 0 spiro atoms. The van der Waals surface area contributed by atoms with E-state index in [-0.39, 0.29) is 12.5 Å². The summed E-state index contributed by atoms with van der Waals surface area (Å²) in [5, 5.41) is 14.4. The van der Waals surface area contributed by atoms with Crippen molar-refractivity contribution < 1.29 is 19.4 Å². The predicted molar refractivity (Wildman–Crippen MR) is 78.8 cm³/mol. The van der Waals surface area contributed by atoms with Crippen molar-refractivity contribution in [3.8, 4) is 0 Å². The van der Waals surface area contributed by atoms with Gasteiger partial charge in [0.05, 0.1) is 18.8 Å². The van der Waals surface area contributed by atoms with E-state index >= 15 is 0 Å². The lowest BCUT2D eigenvalue weighted by atomic mass is 10.0. The number of carboxylic acids is 1. The Hall–Kier alpha value is -1.92. The fourth-order valence-corrected chi connectivity index (χ4v) is 1.50. The molecule has 3 N–H and O–H groups in total. The first kappa shape index (κ1) is 17.1. The zero-order valence-corrected chi connectivity index (χ0v) is 12.6. The maximum absolute atomic E-state index is 12.0. The Morgan fingerprint density at radius 1 is 1.29 bits per heavy atom. The molecule has 1 rings (SSSR count). The van der Waals surface area contributed by atoms with Gasteiger partial charge in [-0.1, -0.05) is 30.3 Å². The number of carboxylic acid groups (broad SMARTS) is 1. The van der Waals surface area contributed by atoms with Crippen molar-refractivity contribution in [2.75, 3.05) is 13.7 Å². The van der Waals surface area contributed by atoms with Gasteiger partial charge < -0.3 is 20.5 Å². The van der Waals surface area contributed by atoms with Gasteiger partial charge in [-0.05, 0) is 26.5 Å². The van der Waals surface area contributed by atoms with E-state index in [9.17, 15) is 9.59 Å². The van der Waals surface area contributed by atoms with Crippen LogP contribution in [0, 0.1) is 0 Å². The van der Waals surface area contributed by atoms with Gasteiger partial charge in [0.1, 0.15) is 0 Å². The van der Waals surface area contributed by atoms with E-state index in [0.29, 0.717) is 6.61 Å². The number of hydrogen-bond donors (Lipinski definition) is 3. The average Bonchev–Trinajstić information content (AvgIpc) is 2.46. The van der Waals surface area contributed by atoms with E-state index in [4.69, 9.17) is 9.84 Å². The van der Waals surface area contributed by atoms with Crippen molar-refractivity contribution >= 4 is 11.9 Å². The Labute approximate surface area is 124 Å². The minimum Gasteiger partial charge on any atom is -0.480 e.